The largest absolute Gasteiger partial charge is 0.381 e. The second kappa shape index (κ2) is 8.96. The number of sulfonamides is 1. The Hall–Kier alpha value is -2.23. The molecule has 1 amide bonds. The molecule has 0 radical (unpaired) electrons. The lowest BCUT2D eigenvalue weighted by molar-refractivity contribution is -0.129. The van der Waals surface area contributed by atoms with Crippen LogP contribution in [0.1, 0.15) is 25.7 Å². The topological polar surface area (TPSA) is 127 Å². The van der Waals surface area contributed by atoms with Gasteiger partial charge in [-0.3, -0.25) is 4.79 Å². The van der Waals surface area contributed by atoms with Gasteiger partial charge in [-0.15, -0.1) is 0 Å². The number of carbonyl (C=O) groups excluding carboxylic acids is 1. The number of hydrogen-bond acceptors (Lipinski definition) is 8. The molecule has 3 fully saturated rings. The molecule has 3 N–H and O–H groups in total. The summed E-state index contributed by atoms with van der Waals surface area (Å²) in [7, 11) is -0.524. The van der Waals surface area contributed by atoms with Gasteiger partial charge in [0.15, 0.2) is 0 Å². The average molecular weight is 463 g/mol. The third kappa shape index (κ3) is 4.09. The van der Waals surface area contributed by atoms with Crippen molar-refractivity contribution >= 4 is 21.6 Å². The van der Waals surface area contributed by atoms with Gasteiger partial charge < -0.3 is 15.4 Å². The molecule has 0 bridgehead atoms. The van der Waals surface area contributed by atoms with E-state index < -0.39 is 10.0 Å². The molecule has 3 unspecified atom stereocenters. The van der Waals surface area contributed by atoms with E-state index in [1.54, 1.807) is 24.3 Å². The van der Waals surface area contributed by atoms with Crippen LogP contribution in [0, 0.1) is 17.2 Å². The molecule has 0 saturated carbocycles. The fourth-order valence-corrected chi connectivity index (χ4v) is 5.83. The highest BCUT2D eigenvalue weighted by atomic mass is 32.2. The zero-order valence-electron chi connectivity index (χ0n) is 18.4. The molecule has 3 atom stereocenters. The molecule has 0 spiro atoms. The number of anilines is 1. The molecule has 1 aromatic rings. The Morgan fingerprint density at radius 2 is 1.97 bits per heavy atom. The molecular weight excluding hydrogens is 432 g/mol. The van der Waals surface area contributed by atoms with E-state index in [4.69, 9.17) is 4.74 Å². The third-order valence-corrected chi connectivity index (χ3v) is 8.55. The zero-order chi connectivity index (χ0) is 22.9. The van der Waals surface area contributed by atoms with E-state index in [1.807, 2.05) is 0 Å². The van der Waals surface area contributed by atoms with Crippen LogP contribution in [0.4, 0.5) is 5.69 Å². The van der Waals surface area contributed by atoms with Crippen LogP contribution >= 0.6 is 0 Å². The molecule has 0 aromatic heterocycles. The maximum absolute atomic E-state index is 12.8. The molecule has 4 rings (SSSR count). The molecule has 3 aliphatic heterocycles. The van der Waals surface area contributed by atoms with Gasteiger partial charge in [-0.05, 0) is 43.5 Å². The first-order valence-corrected chi connectivity index (χ1v) is 12.3. The van der Waals surface area contributed by atoms with Crippen molar-refractivity contribution in [1.29, 1.82) is 5.26 Å². The highest BCUT2D eigenvalue weighted by molar-refractivity contribution is 7.89. The number of nitrogens with one attached hydrogen (secondary N) is 3. The van der Waals surface area contributed by atoms with Gasteiger partial charge in [0.05, 0.1) is 28.8 Å². The summed E-state index contributed by atoms with van der Waals surface area (Å²) in [5.41, 5.74) is 3.83. The fourth-order valence-electron chi connectivity index (χ4n) is 4.93. The minimum Gasteiger partial charge on any atom is -0.381 e. The Labute approximate surface area is 188 Å². The number of benzene rings is 1. The van der Waals surface area contributed by atoms with Crippen molar-refractivity contribution in [1.82, 2.24) is 20.1 Å². The Kier molecular flexibility index (Phi) is 6.42. The van der Waals surface area contributed by atoms with E-state index in [-0.39, 0.29) is 34.5 Å². The van der Waals surface area contributed by atoms with Crippen molar-refractivity contribution < 1.29 is 17.9 Å². The highest BCUT2D eigenvalue weighted by Gasteiger charge is 2.54. The van der Waals surface area contributed by atoms with Crippen LogP contribution in [0.5, 0.6) is 0 Å². The van der Waals surface area contributed by atoms with E-state index in [0.717, 1.165) is 19.3 Å². The van der Waals surface area contributed by atoms with Crippen LogP contribution < -0.4 is 16.1 Å². The lowest BCUT2D eigenvalue weighted by atomic mass is 9.82. The van der Waals surface area contributed by atoms with Crippen LogP contribution in [0.25, 0.3) is 0 Å². The minimum atomic E-state index is -3.51. The van der Waals surface area contributed by atoms with Crippen LogP contribution in [0.3, 0.4) is 0 Å². The summed E-state index contributed by atoms with van der Waals surface area (Å²) in [6.45, 7) is 1.77. The first kappa shape index (κ1) is 22.9. The Morgan fingerprint density at radius 1 is 1.28 bits per heavy atom. The van der Waals surface area contributed by atoms with Crippen LogP contribution in [-0.4, -0.2) is 75.2 Å². The number of nitrogens with zero attached hydrogens (tertiary/aromatic N) is 3. The van der Waals surface area contributed by atoms with E-state index in [1.165, 1.54) is 18.4 Å². The number of hydrazine groups is 1. The van der Waals surface area contributed by atoms with E-state index >= 15 is 0 Å². The third-order valence-electron chi connectivity index (χ3n) is 6.72. The standard InChI is InChI=1S/C21H30N6O4S/c1-26(2)32(29,30)16-5-3-15(4-6-16)24-19-18-17(7-12-23-20(18)28)27(25-19)21(8-11-22)9-13-31-14-10-21/h3-6,17-19,24-25H,7-10,12-14H2,1-2H3,(H,23,28). The fraction of sp³-hybridized carbons (Fsp3) is 0.619. The molecule has 3 heterocycles. The average Bonchev–Trinajstić information content (AvgIpc) is 3.15. The SMILES string of the molecule is CN(C)S(=O)(=O)c1ccc(NC2NN(C3(CC#N)CCOCC3)C3CCNC(=O)C23)cc1. The predicted molar refractivity (Wildman–Crippen MR) is 118 cm³/mol. The Morgan fingerprint density at radius 3 is 2.59 bits per heavy atom. The molecule has 1 aromatic carbocycles. The predicted octanol–water partition coefficient (Wildman–Crippen LogP) is 0.463. The maximum Gasteiger partial charge on any atom is 0.242 e. The van der Waals surface area contributed by atoms with Gasteiger partial charge in [-0.1, -0.05) is 0 Å². The summed E-state index contributed by atoms with van der Waals surface area (Å²) in [5, 5.41) is 18.0. The van der Waals surface area contributed by atoms with Gasteiger partial charge >= 0.3 is 0 Å². The highest BCUT2D eigenvalue weighted by Crippen LogP contribution is 2.39. The van der Waals surface area contributed by atoms with Crippen molar-refractivity contribution in [2.75, 3.05) is 39.2 Å². The van der Waals surface area contributed by atoms with Gasteiger partial charge in [-0.25, -0.2) is 23.2 Å². The second-order valence-electron chi connectivity index (χ2n) is 8.78. The number of piperidine rings is 1. The molecular formula is C21H30N6O4S. The van der Waals surface area contributed by atoms with Gasteiger partial charge in [-0.2, -0.15) is 5.26 Å². The summed E-state index contributed by atoms with van der Waals surface area (Å²) in [6, 6.07) is 8.81. The lowest BCUT2D eigenvalue weighted by Crippen LogP contribution is -2.60. The zero-order valence-corrected chi connectivity index (χ0v) is 19.2. The number of ether oxygens (including phenoxy) is 1. The first-order valence-electron chi connectivity index (χ1n) is 10.9. The number of rotatable bonds is 6. The van der Waals surface area contributed by atoms with Crippen molar-refractivity contribution in [3.05, 3.63) is 24.3 Å². The molecule has 3 saturated heterocycles. The number of fused-ring (bicyclic) bond motifs is 1. The summed E-state index contributed by atoms with van der Waals surface area (Å²) < 4.78 is 31.4. The summed E-state index contributed by atoms with van der Waals surface area (Å²) >= 11 is 0. The van der Waals surface area contributed by atoms with Crippen molar-refractivity contribution in [3.8, 4) is 6.07 Å². The first-order chi connectivity index (χ1) is 15.3. The monoisotopic (exact) mass is 462 g/mol. The molecule has 0 aliphatic carbocycles. The van der Waals surface area contributed by atoms with Crippen LogP contribution in [0.15, 0.2) is 29.2 Å². The molecule has 174 valence electrons. The minimum absolute atomic E-state index is 0.0280. The Bertz CT molecular complexity index is 985. The van der Waals surface area contributed by atoms with Crippen molar-refractivity contribution in [3.63, 3.8) is 0 Å². The number of amides is 1. The molecule has 11 heteroatoms. The molecule has 32 heavy (non-hydrogen) atoms. The van der Waals surface area contributed by atoms with Gasteiger partial charge in [0.25, 0.3) is 0 Å². The molecule has 3 aliphatic rings. The summed E-state index contributed by atoms with van der Waals surface area (Å²) in [6.07, 6.45) is 2.22. The number of carbonyl (C=O) groups is 1. The van der Waals surface area contributed by atoms with Crippen molar-refractivity contribution in [2.24, 2.45) is 5.92 Å². The van der Waals surface area contributed by atoms with Gasteiger partial charge in [0.1, 0.15) is 6.17 Å². The summed E-state index contributed by atoms with van der Waals surface area (Å²) in [5.74, 6) is -0.368. The number of nitriles is 1. The van der Waals surface area contributed by atoms with Gasteiger partial charge in [0, 0.05) is 45.6 Å². The Balaban J connectivity index is 1.59. The van der Waals surface area contributed by atoms with Crippen LogP contribution in [-0.2, 0) is 19.6 Å². The number of hydrogen-bond donors (Lipinski definition) is 3. The van der Waals surface area contributed by atoms with E-state index in [2.05, 4.69) is 27.1 Å². The van der Waals surface area contributed by atoms with E-state index in [0.29, 0.717) is 31.9 Å². The van der Waals surface area contributed by atoms with Gasteiger partial charge in [0.2, 0.25) is 15.9 Å². The van der Waals surface area contributed by atoms with E-state index in [9.17, 15) is 18.5 Å². The smallest absolute Gasteiger partial charge is 0.242 e. The second-order valence-corrected chi connectivity index (χ2v) is 10.9. The lowest BCUT2D eigenvalue weighted by Gasteiger charge is -2.46. The van der Waals surface area contributed by atoms with Crippen molar-refractivity contribution in [2.45, 2.75) is 48.3 Å². The molecule has 10 nitrogen and oxygen atoms in total. The maximum atomic E-state index is 12.8. The summed E-state index contributed by atoms with van der Waals surface area (Å²) in [4.78, 5) is 13.0. The normalized spacial score (nSPS) is 28.1. The quantitative estimate of drug-likeness (QED) is 0.557. The van der Waals surface area contributed by atoms with Crippen LogP contribution in [0.2, 0.25) is 0 Å².